The molecule has 16 heavy (non-hydrogen) atoms. The fourth-order valence-electron chi connectivity index (χ4n) is 1.35. The molecule has 0 radical (unpaired) electrons. The summed E-state index contributed by atoms with van der Waals surface area (Å²) >= 11 is 4.95. The summed E-state index contributed by atoms with van der Waals surface area (Å²) in [5.74, 6) is 0. The molecule has 0 saturated heterocycles. The minimum atomic E-state index is -4.08. The fourth-order valence-corrected chi connectivity index (χ4v) is 2.83. The standard InChI is InChI=1S/C10H13BrF3NS/c1-7(6-10(12,13)14)15-5-4-8-2-3-9(11)16-8/h2-3,7,15H,4-6H2,1H3. The van der Waals surface area contributed by atoms with Crippen molar-refractivity contribution in [2.45, 2.75) is 32.0 Å². The molecule has 0 bridgehead atoms. The van der Waals surface area contributed by atoms with E-state index in [1.54, 1.807) is 18.3 Å². The summed E-state index contributed by atoms with van der Waals surface area (Å²) in [6.45, 7) is 2.13. The van der Waals surface area contributed by atoms with Gasteiger partial charge in [0.25, 0.3) is 0 Å². The molecule has 1 N–H and O–H groups in total. The van der Waals surface area contributed by atoms with Crippen LogP contribution in [-0.4, -0.2) is 18.8 Å². The number of alkyl halides is 3. The van der Waals surface area contributed by atoms with Gasteiger partial charge in [-0.05, 0) is 41.4 Å². The molecular formula is C10H13BrF3NS. The maximum Gasteiger partial charge on any atom is 0.390 e. The predicted octanol–water partition coefficient (Wildman–Crippen LogP) is 3.98. The Balaban J connectivity index is 2.20. The number of nitrogens with one attached hydrogen (secondary N) is 1. The second-order valence-electron chi connectivity index (χ2n) is 3.63. The largest absolute Gasteiger partial charge is 0.390 e. The smallest absolute Gasteiger partial charge is 0.314 e. The molecule has 1 atom stereocenters. The van der Waals surface area contributed by atoms with Crippen LogP contribution in [0, 0.1) is 0 Å². The van der Waals surface area contributed by atoms with Crippen molar-refractivity contribution in [2.24, 2.45) is 0 Å². The summed E-state index contributed by atoms with van der Waals surface area (Å²) in [5, 5.41) is 2.87. The van der Waals surface area contributed by atoms with E-state index in [2.05, 4.69) is 21.2 Å². The van der Waals surface area contributed by atoms with Crippen molar-refractivity contribution >= 4 is 27.3 Å². The topological polar surface area (TPSA) is 12.0 Å². The lowest BCUT2D eigenvalue weighted by molar-refractivity contribution is -0.138. The Morgan fingerprint density at radius 1 is 1.44 bits per heavy atom. The molecule has 0 aromatic carbocycles. The van der Waals surface area contributed by atoms with Crippen LogP contribution in [0.15, 0.2) is 15.9 Å². The second-order valence-corrected chi connectivity index (χ2v) is 6.18. The van der Waals surface area contributed by atoms with Crippen LogP contribution >= 0.6 is 27.3 Å². The van der Waals surface area contributed by atoms with Crippen molar-refractivity contribution in [1.29, 1.82) is 0 Å². The van der Waals surface area contributed by atoms with E-state index in [9.17, 15) is 13.2 Å². The molecule has 6 heteroatoms. The Morgan fingerprint density at radius 2 is 2.12 bits per heavy atom. The van der Waals surface area contributed by atoms with Gasteiger partial charge in [-0.1, -0.05) is 0 Å². The Kier molecular flexibility index (Phi) is 5.27. The van der Waals surface area contributed by atoms with Crippen LogP contribution in [-0.2, 0) is 6.42 Å². The molecule has 1 nitrogen and oxygen atoms in total. The average Bonchev–Trinajstić information content (AvgIpc) is 2.48. The van der Waals surface area contributed by atoms with E-state index < -0.39 is 18.6 Å². The Hall–Kier alpha value is -0.0700. The van der Waals surface area contributed by atoms with Crippen molar-refractivity contribution in [3.8, 4) is 0 Å². The molecule has 0 saturated carbocycles. The minimum absolute atomic E-state index is 0.525. The van der Waals surface area contributed by atoms with Crippen molar-refractivity contribution < 1.29 is 13.2 Å². The first-order valence-corrected chi connectivity index (χ1v) is 6.52. The number of hydrogen-bond donors (Lipinski definition) is 1. The van der Waals surface area contributed by atoms with Gasteiger partial charge < -0.3 is 5.32 Å². The third-order valence-corrected chi connectivity index (χ3v) is 3.71. The lowest BCUT2D eigenvalue weighted by atomic mass is 10.2. The van der Waals surface area contributed by atoms with Gasteiger partial charge in [0.05, 0.1) is 10.2 Å². The number of thiophene rings is 1. The van der Waals surface area contributed by atoms with Crippen LogP contribution < -0.4 is 5.32 Å². The van der Waals surface area contributed by atoms with Crippen LogP contribution in [0.1, 0.15) is 18.2 Å². The van der Waals surface area contributed by atoms with Crippen LogP contribution in [0.25, 0.3) is 0 Å². The molecule has 0 aliphatic rings. The van der Waals surface area contributed by atoms with Crippen LogP contribution in [0.2, 0.25) is 0 Å². The van der Waals surface area contributed by atoms with Crippen molar-refractivity contribution in [3.63, 3.8) is 0 Å². The summed E-state index contributed by atoms with van der Waals surface area (Å²) in [5.41, 5.74) is 0. The van der Waals surface area contributed by atoms with Crippen molar-refractivity contribution in [3.05, 3.63) is 20.8 Å². The minimum Gasteiger partial charge on any atom is -0.314 e. The highest BCUT2D eigenvalue weighted by Gasteiger charge is 2.29. The SMILES string of the molecule is CC(CC(F)(F)F)NCCc1ccc(Br)s1. The van der Waals surface area contributed by atoms with Gasteiger partial charge in [-0.15, -0.1) is 11.3 Å². The van der Waals surface area contributed by atoms with Gasteiger partial charge in [-0.3, -0.25) is 0 Å². The van der Waals surface area contributed by atoms with E-state index in [0.717, 1.165) is 10.2 Å². The Morgan fingerprint density at radius 3 is 2.62 bits per heavy atom. The van der Waals surface area contributed by atoms with E-state index in [0.29, 0.717) is 6.54 Å². The van der Waals surface area contributed by atoms with E-state index in [1.165, 1.54) is 4.88 Å². The highest BCUT2D eigenvalue weighted by Crippen LogP contribution is 2.23. The number of rotatable bonds is 5. The summed E-state index contributed by atoms with van der Waals surface area (Å²) in [6, 6.07) is 3.40. The van der Waals surface area contributed by atoms with Gasteiger partial charge in [-0.25, -0.2) is 0 Å². The second kappa shape index (κ2) is 6.02. The van der Waals surface area contributed by atoms with Gasteiger partial charge >= 0.3 is 6.18 Å². The Labute approximate surface area is 105 Å². The first-order chi connectivity index (χ1) is 7.37. The van der Waals surface area contributed by atoms with E-state index in [-0.39, 0.29) is 0 Å². The molecule has 1 heterocycles. The van der Waals surface area contributed by atoms with Crippen molar-refractivity contribution in [1.82, 2.24) is 5.32 Å². The molecule has 1 rings (SSSR count). The quantitative estimate of drug-likeness (QED) is 0.866. The van der Waals surface area contributed by atoms with E-state index in [4.69, 9.17) is 0 Å². The summed E-state index contributed by atoms with van der Waals surface area (Å²) < 4.78 is 37.1. The monoisotopic (exact) mass is 315 g/mol. The van der Waals surface area contributed by atoms with Gasteiger partial charge in [0.15, 0.2) is 0 Å². The lowest BCUT2D eigenvalue weighted by Crippen LogP contribution is -2.32. The third-order valence-electron chi connectivity index (χ3n) is 2.03. The zero-order valence-corrected chi connectivity index (χ0v) is 11.2. The molecule has 0 fully saturated rings. The van der Waals surface area contributed by atoms with Crippen LogP contribution in [0.5, 0.6) is 0 Å². The molecule has 0 aliphatic heterocycles. The third kappa shape index (κ3) is 5.86. The van der Waals surface area contributed by atoms with Gasteiger partial charge in [0.1, 0.15) is 0 Å². The summed E-state index contributed by atoms with van der Waals surface area (Å²) in [4.78, 5) is 1.17. The number of halogens is 4. The van der Waals surface area contributed by atoms with E-state index in [1.807, 2.05) is 12.1 Å². The van der Waals surface area contributed by atoms with Gasteiger partial charge in [0, 0.05) is 17.5 Å². The predicted molar refractivity (Wildman–Crippen MR) is 63.9 cm³/mol. The van der Waals surface area contributed by atoms with E-state index >= 15 is 0 Å². The van der Waals surface area contributed by atoms with Gasteiger partial charge in [0.2, 0.25) is 0 Å². The molecule has 0 amide bonds. The highest BCUT2D eigenvalue weighted by atomic mass is 79.9. The molecule has 0 spiro atoms. The van der Waals surface area contributed by atoms with Gasteiger partial charge in [-0.2, -0.15) is 13.2 Å². The Bertz CT molecular complexity index is 324. The first-order valence-electron chi connectivity index (χ1n) is 4.91. The number of hydrogen-bond acceptors (Lipinski definition) is 2. The first kappa shape index (κ1) is 14.0. The normalized spacial score (nSPS) is 14.1. The molecule has 1 aromatic heterocycles. The lowest BCUT2D eigenvalue weighted by Gasteiger charge is -2.15. The maximum atomic E-state index is 12.0. The average molecular weight is 316 g/mol. The summed E-state index contributed by atoms with van der Waals surface area (Å²) in [6.07, 6.45) is -4.10. The zero-order chi connectivity index (χ0) is 12.2. The molecule has 0 aliphatic carbocycles. The highest BCUT2D eigenvalue weighted by molar-refractivity contribution is 9.11. The fraction of sp³-hybridized carbons (Fsp3) is 0.600. The van der Waals surface area contributed by atoms with Crippen molar-refractivity contribution in [2.75, 3.05) is 6.54 Å². The molecule has 1 unspecified atom stereocenters. The van der Waals surface area contributed by atoms with Crippen LogP contribution in [0.4, 0.5) is 13.2 Å². The molecule has 92 valence electrons. The van der Waals surface area contributed by atoms with Crippen LogP contribution in [0.3, 0.4) is 0 Å². The molecular weight excluding hydrogens is 303 g/mol. The summed E-state index contributed by atoms with van der Waals surface area (Å²) in [7, 11) is 0. The maximum absolute atomic E-state index is 12.0. The molecule has 1 aromatic rings. The zero-order valence-electron chi connectivity index (χ0n) is 8.77.